The molecular weight excluding hydrogens is 343 g/mol. The van der Waals surface area contributed by atoms with Gasteiger partial charge in [-0.15, -0.1) is 0 Å². The van der Waals surface area contributed by atoms with Crippen molar-refractivity contribution in [3.8, 4) is 0 Å². The maximum atomic E-state index is 12.9. The van der Waals surface area contributed by atoms with Gasteiger partial charge in [-0.3, -0.25) is 4.79 Å². The second kappa shape index (κ2) is 10.8. The van der Waals surface area contributed by atoms with Crippen LogP contribution in [-0.2, 0) is 16.0 Å². The lowest BCUT2D eigenvalue weighted by molar-refractivity contribution is -0.133. The first-order valence-electron chi connectivity index (χ1n) is 10.6. The lowest BCUT2D eigenvalue weighted by Crippen LogP contribution is -2.41. The topological polar surface area (TPSA) is 41.6 Å². The van der Waals surface area contributed by atoms with Crippen LogP contribution >= 0.6 is 0 Å². The molecule has 3 rings (SSSR count). The number of nitrogens with one attached hydrogen (secondary N) is 1. The molecule has 0 bridgehead atoms. The number of hydrogen-bond donors (Lipinski definition) is 1. The molecule has 5 heteroatoms. The van der Waals surface area contributed by atoms with Crippen LogP contribution in [0.3, 0.4) is 0 Å². The highest BCUT2D eigenvalue weighted by Gasteiger charge is 2.23. The highest BCUT2D eigenvalue weighted by molar-refractivity contribution is 5.78. The molecule has 1 saturated heterocycles. The zero-order valence-electron chi connectivity index (χ0n) is 16.3. The molecule has 1 aromatic rings. The number of carbonyl (C=O) groups excluding carboxylic acids is 1. The predicted octanol–water partition coefficient (Wildman–Crippen LogP) is 3.55. The Balaban J connectivity index is 1.21. The van der Waals surface area contributed by atoms with E-state index in [1.807, 2.05) is 4.90 Å². The maximum Gasteiger partial charge on any atom is 0.226 e. The van der Waals surface area contributed by atoms with Crippen LogP contribution in [0.25, 0.3) is 0 Å². The molecule has 1 amide bonds. The number of carbonyl (C=O) groups is 1. The van der Waals surface area contributed by atoms with E-state index in [9.17, 15) is 9.18 Å². The molecular formula is C22H33FN2O2. The van der Waals surface area contributed by atoms with E-state index in [4.69, 9.17) is 4.74 Å². The van der Waals surface area contributed by atoms with Crippen molar-refractivity contribution in [2.24, 2.45) is 5.92 Å². The largest absolute Gasteiger partial charge is 0.378 e. The molecule has 27 heavy (non-hydrogen) atoms. The van der Waals surface area contributed by atoms with Gasteiger partial charge in [0.05, 0.1) is 12.5 Å². The van der Waals surface area contributed by atoms with Gasteiger partial charge in [-0.25, -0.2) is 4.39 Å². The van der Waals surface area contributed by atoms with Gasteiger partial charge in [0, 0.05) is 19.7 Å². The Morgan fingerprint density at radius 3 is 2.52 bits per heavy atom. The first kappa shape index (κ1) is 20.3. The number of rotatable bonds is 11. The van der Waals surface area contributed by atoms with Gasteiger partial charge in [-0.05, 0) is 81.6 Å². The second-order valence-corrected chi connectivity index (χ2v) is 7.96. The standard InChI is InChI=1S/C22H33FN2O2/c23-20-8-6-18(7-9-20)16-22(26)25-13-10-21(11-14-25)27-15-3-1-2-12-24-17-19-4-5-19/h6-9,19,21,24H,1-5,10-17H2. The minimum atomic E-state index is -0.265. The zero-order valence-corrected chi connectivity index (χ0v) is 16.3. The van der Waals surface area contributed by atoms with E-state index in [1.165, 1.54) is 44.4 Å². The van der Waals surface area contributed by atoms with Crippen LogP contribution in [0.4, 0.5) is 4.39 Å². The number of amides is 1. The number of halogens is 1. The third kappa shape index (κ3) is 7.59. The fraction of sp³-hybridized carbons (Fsp3) is 0.682. The number of hydrogen-bond acceptors (Lipinski definition) is 3. The van der Waals surface area contributed by atoms with Crippen molar-refractivity contribution in [2.75, 3.05) is 32.8 Å². The summed E-state index contributed by atoms with van der Waals surface area (Å²) in [5.41, 5.74) is 0.867. The summed E-state index contributed by atoms with van der Waals surface area (Å²) in [6.07, 6.45) is 8.85. The molecule has 1 saturated carbocycles. The molecule has 150 valence electrons. The molecule has 1 aliphatic heterocycles. The van der Waals surface area contributed by atoms with E-state index in [-0.39, 0.29) is 17.8 Å². The highest BCUT2D eigenvalue weighted by atomic mass is 19.1. The summed E-state index contributed by atoms with van der Waals surface area (Å²) in [6, 6.07) is 6.19. The molecule has 0 spiro atoms. The Morgan fingerprint density at radius 2 is 1.81 bits per heavy atom. The lowest BCUT2D eigenvalue weighted by atomic mass is 10.1. The average molecular weight is 377 g/mol. The Kier molecular flexibility index (Phi) is 8.09. The number of unbranched alkanes of at least 4 members (excludes halogenated alkanes) is 2. The van der Waals surface area contributed by atoms with Crippen molar-refractivity contribution in [3.63, 3.8) is 0 Å². The number of piperidine rings is 1. The Bertz CT molecular complexity index is 566. The van der Waals surface area contributed by atoms with Crippen LogP contribution in [0.15, 0.2) is 24.3 Å². The molecule has 2 fully saturated rings. The van der Waals surface area contributed by atoms with Crippen molar-refractivity contribution in [3.05, 3.63) is 35.6 Å². The van der Waals surface area contributed by atoms with Crippen molar-refractivity contribution in [2.45, 2.75) is 57.5 Å². The van der Waals surface area contributed by atoms with E-state index < -0.39 is 0 Å². The molecule has 1 N–H and O–H groups in total. The molecule has 0 radical (unpaired) electrons. The summed E-state index contributed by atoms with van der Waals surface area (Å²) < 4.78 is 18.9. The van der Waals surface area contributed by atoms with E-state index in [0.29, 0.717) is 6.42 Å². The Hall–Kier alpha value is -1.46. The molecule has 0 aromatic heterocycles. The van der Waals surface area contributed by atoms with Crippen molar-refractivity contribution in [1.29, 1.82) is 0 Å². The van der Waals surface area contributed by atoms with Crippen LogP contribution in [-0.4, -0.2) is 49.7 Å². The van der Waals surface area contributed by atoms with Gasteiger partial charge in [0.15, 0.2) is 0 Å². The summed E-state index contributed by atoms with van der Waals surface area (Å²) >= 11 is 0. The Labute approximate surface area is 162 Å². The van der Waals surface area contributed by atoms with Gasteiger partial charge in [0.2, 0.25) is 5.91 Å². The monoisotopic (exact) mass is 376 g/mol. The Morgan fingerprint density at radius 1 is 1.07 bits per heavy atom. The van der Waals surface area contributed by atoms with Crippen LogP contribution in [0.2, 0.25) is 0 Å². The molecule has 0 atom stereocenters. The van der Waals surface area contributed by atoms with Gasteiger partial charge in [0.25, 0.3) is 0 Å². The number of likely N-dealkylation sites (tertiary alicyclic amines) is 1. The molecule has 0 unspecified atom stereocenters. The van der Waals surface area contributed by atoms with Crippen LogP contribution < -0.4 is 5.32 Å². The van der Waals surface area contributed by atoms with Gasteiger partial charge >= 0.3 is 0 Å². The van der Waals surface area contributed by atoms with Gasteiger partial charge in [-0.2, -0.15) is 0 Å². The lowest BCUT2D eigenvalue weighted by Gasteiger charge is -2.32. The third-order valence-corrected chi connectivity index (χ3v) is 5.54. The SMILES string of the molecule is O=C(Cc1ccc(F)cc1)N1CCC(OCCCCCNCC2CC2)CC1. The van der Waals surface area contributed by atoms with Crippen molar-refractivity contribution >= 4 is 5.91 Å². The summed E-state index contributed by atoms with van der Waals surface area (Å²) in [5.74, 6) is 0.819. The molecule has 1 heterocycles. The number of ether oxygens (including phenoxy) is 1. The predicted molar refractivity (Wildman–Crippen MR) is 105 cm³/mol. The normalized spacial score (nSPS) is 18.0. The fourth-order valence-corrected chi connectivity index (χ4v) is 3.57. The zero-order chi connectivity index (χ0) is 18.9. The second-order valence-electron chi connectivity index (χ2n) is 7.96. The van der Waals surface area contributed by atoms with Crippen LogP contribution in [0.1, 0.15) is 50.5 Å². The van der Waals surface area contributed by atoms with E-state index in [1.54, 1.807) is 12.1 Å². The van der Waals surface area contributed by atoms with Crippen LogP contribution in [0.5, 0.6) is 0 Å². The van der Waals surface area contributed by atoms with Gasteiger partial charge < -0.3 is 15.0 Å². The smallest absolute Gasteiger partial charge is 0.226 e. The summed E-state index contributed by atoms with van der Waals surface area (Å²) in [4.78, 5) is 14.3. The molecule has 4 nitrogen and oxygen atoms in total. The van der Waals surface area contributed by atoms with Crippen molar-refractivity contribution in [1.82, 2.24) is 10.2 Å². The third-order valence-electron chi connectivity index (χ3n) is 5.54. The molecule has 1 aliphatic carbocycles. The van der Waals surface area contributed by atoms with Gasteiger partial charge in [-0.1, -0.05) is 12.1 Å². The van der Waals surface area contributed by atoms with E-state index in [0.717, 1.165) is 57.0 Å². The number of benzene rings is 1. The average Bonchev–Trinajstić information content (AvgIpc) is 3.50. The minimum Gasteiger partial charge on any atom is -0.378 e. The molecule has 2 aliphatic rings. The fourth-order valence-electron chi connectivity index (χ4n) is 3.57. The van der Waals surface area contributed by atoms with Gasteiger partial charge in [0.1, 0.15) is 5.82 Å². The van der Waals surface area contributed by atoms with E-state index >= 15 is 0 Å². The highest BCUT2D eigenvalue weighted by Crippen LogP contribution is 2.27. The summed E-state index contributed by atoms with van der Waals surface area (Å²) in [6.45, 7) is 4.68. The first-order valence-corrected chi connectivity index (χ1v) is 10.6. The van der Waals surface area contributed by atoms with Crippen LogP contribution in [0, 0.1) is 11.7 Å². The minimum absolute atomic E-state index is 0.124. The maximum absolute atomic E-state index is 12.9. The molecule has 1 aromatic carbocycles. The number of nitrogens with zero attached hydrogens (tertiary/aromatic N) is 1. The quantitative estimate of drug-likeness (QED) is 0.601. The first-order chi connectivity index (χ1) is 13.2. The van der Waals surface area contributed by atoms with Crippen molar-refractivity contribution < 1.29 is 13.9 Å². The van der Waals surface area contributed by atoms with E-state index in [2.05, 4.69) is 5.32 Å². The summed E-state index contributed by atoms with van der Waals surface area (Å²) in [7, 11) is 0. The summed E-state index contributed by atoms with van der Waals surface area (Å²) in [5, 5.41) is 3.53.